The molecule has 0 saturated carbocycles. The lowest BCUT2D eigenvalue weighted by Crippen LogP contribution is -2.26. The predicted molar refractivity (Wildman–Crippen MR) is 52.8 cm³/mol. The van der Waals surface area contributed by atoms with Crippen molar-refractivity contribution < 1.29 is 13.6 Å². The lowest BCUT2D eigenvalue weighted by molar-refractivity contribution is 0.212. The van der Waals surface area contributed by atoms with Gasteiger partial charge < -0.3 is 8.85 Å². The summed E-state index contributed by atoms with van der Waals surface area (Å²) in [6.45, 7) is 7.06. The second-order valence-electron chi connectivity index (χ2n) is 2.65. The van der Waals surface area contributed by atoms with Gasteiger partial charge in [0.15, 0.2) is 0 Å². The summed E-state index contributed by atoms with van der Waals surface area (Å²) < 4.78 is 10.9. The zero-order valence-electron chi connectivity index (χ0n) is 8.45. The molecule has 76 valence electrons. The maximum atomic E-state index is 9.95. The number of nitrogens with zero attached hydrogens (tertiary/aromatic N) is 1. The van der Waals surface area contributed by atoms with Gasteiger partial charge in [-0.25, -0.2) is 9.79 Å². The minimum atomic E-state index is -1.60. The summed E-state index contributed by atoms with van der Waals surface area (Å²) >= 11 is 0. The topological polar surface area (TPSA) is 47.9 Å². The first-order chi connectivity index (χ1) is 6.24. The molecule has 0 bridgehead atoms. The molecule has 0 saturated heterocycles. The Balaban J connectivity index is 3.84. The number of isocyanates is 1. The number of hydrogen-bond acceptors (Lipinski definition) is 4. The quantitative estimate of drug-likeness (QED) is 0.352. The largest absolute Gasteiger partial charge is 0.397 e. The van der Waals surface area contributed by atoms with E-state index < -0.39 is 9.28 Å². The molecular formula is C8H17NO3Si. The molecule has 13 heavy (non-hydrogen) atoms. The van der Waals surface area contributed by atoms with Gasteiger partial charge in [-0.3, -0.25) is 0 Å². The van der Waals surface area contributed by atoms with Crippen molar-refractivity contribution in [2.75, 3.05) is 13.2 Å². The van der Waals surface area contributed by atoms with Gasteiger partial charge in [0.1, 0.15) is 0 Å². The fourth-order valence-electron chi connectivity index (χ4n) is 0.977. The van der Waals surface area contributed by atoms with E-state index in [9.17, 15) is 4.79 Å². The molecule has 1 atom stereocenters. The van der Waals surface area contributed by atoms with E-state index in [1.54, 1.807) is 6.08 Å². The molecule has 0 spiro atoms. The van der Waals surface area contributed by atoms with Crippen molar-refractivity contribution >= 4 is 15.4 Å². The molecule has 0 amide bonds. The Morgan fingerprint density at radius 2 is 1.92 bits per heavy atom. The van der Waals surface area contributed by atoms with Gasteiger partial charge >= 0.3 is 9.28 Å². The van der Waals surface area contributed by atoms with Gasteiger partial charge in [0.25, 0.3) is 0 Å². The van der Waals surface area contributed by atoms with Gasteiger partial charge in [-0.15, -0.1) is 0 Å². The van der Waals surface area contributed by atoms with Crippen molar-refractivity contribution in [1.29, 1.82) is 0 Å². The number of rotatable bonds is 7. The van der Waals surface area contributed by atoms with Gasteiger partial charge in [0, 0.05) is 19.3 Å². The summed E-state index contributed by atoms with van der Waals surface area (Å²) in [7, 11) is -1.60. The van der Waals surface area contributed by atoms with Gasteiger partial charge in [-0.05, 0) is 20.8 Å². The molecule has 0 radical (unpaired) electrons. The normalized spacial score (nSPS) is 12.6. The van der Waals surface area contributed by atoms with Crippen molar-refractivity contribution in [3.63, 3.8) is 0 Å². The van der Waals surface area contributed by atoms with Gasteiger partial charge in [0.05, 0.1) is 6.04 Å². The van der Waals surface area contributed by atoms with E-state index in [0.29, 0.717) is 13.2 Å². The van der Waals surface area contributed by atoms with E-state index in [1.807, 2.05) is 20.8 Å². The third-order valence-corrected chi connectivity index (χ3v) is 3.99. The highest BCUT2D eigenvalue weighted by Gasteiger charge is 2.15. The minimum Gasteiger partial charge on any atom is -0.397 e. The highest BCUT2D eigenvalue weighted by atomic mass is 28.3. The summed E-state index contributed by atoms with van der Waals surface area (Å²) in [6, 6.07) is 0.698. The molecule has 0 N–H and O–H groups in total. The Kier molecular flexibility index (Phi) is 7.83. The molecule has 4 nitrogen and oxygen atoms in total. The first-order valence-corrected chi connectivity index (χ1v) is 6.30. The summed E-state index contributed by atoms with van der Waals surface area (Å²) in [5.74, 6) is 0. The zero-order valence-corrected chi connectivity index (χ0v) is 9.60. The van der Waals surface area contributed by atoms with Crippen LogP contribution in [-0.4, -0.2) is 34.6 Å². The monoisotopic (exact) mass is 203 g/mol. The van der Waals surface area contributed by atoms with E-state index in [-0.39, 0.29) is 6.04 Å². The maximum absolute atomic E-state index is 9.95. The van der Waals surface area contributed by atoms with Crippen LogP contribution in [0.5, 0.6) is 0 Å². The summed E-state index contributed by atoms with van der Waals surface area (Å²) in [5, 5.41) is 0. The van der Waals surface area contributed by atoms with Crippen LogP contribution in [0.15, 0.2) is 4.99 Å². The van der Waals surface area contributed by atoms with E-state index in [4.69, 9.17) is 8.85 Å². The molecular weight excluding hydrogens is 186 g/mol. The Morgan fingerprint density at radius 1 is 1.38 bits per heavy atom. The van der Waals surface area contributed by atoms with E-state index in [2.05, 4.69) is 4.99 Å². The third-order valence-electron chi connectivity index (χ3n) is 1.51. The fourth-order valence-corrected chi connectivity index (χ4v) is 2.75. The third kappa shape index (κ3) is 6.66. The molecule has 0 fully saturated rings. The molecule has 0 aliphatic carbocycles. The van der Waals surface area contributed by atoms with Crippen LogP contribution < -0.4 is 0 Å². The second kappa shape index (κ2) is 8.13. The van der Waals surface area contributed by atoms with Crippen LogP contribution in [0.25, 0.3) is 0 Å². The summed E-state index contributed by atoms with van der Waals surface area (Å²) in [4.78, 5) is 13.6. The molecule has 0 heterocycles. The Morgan fingerprint density at radius 3 is 2.31 bits per heavy atom. The van der Waals surface area contributed by atoms with Gasteiger partial charge in [0.2, 0.25) is 6.08 Å². The standard InChI is InChI=1S/C8H17NO3Si/c1-4-11-13(12-5-2)6-8(3)9-7-10/h8,13H,4-6H2,1-3H3. The molecule has 1 unspecified atom stereocenters. The Labute approximate surface area is 80.8 Å². The average Bonchev–Trinajstić information content (AvgIpc) is 2.05. The lowest BCUT2D eigenvalue weighted by atomic mass is 10.4. The predicted octanol–water partition coefficient (Wildman–Crippen LogP) is 1.00. The number of carbonyl (C=O) groups excluding carboxylic acids is 1. The molecule has 0 aromatic carbocycles. The zero-order chi connectivity index (χ0) is 10.1. The molecule has 0 aromatic heterocycles. The molecule has 5 heteroatoms. The highest BCUT2D eigenvalue weighted by molar-refractivity contribution is 6.44. The average molecular weight is 203 g/mol. The van der Waals surface area contributed by atoms with Crippen molar-refractivity contribution in [3.8, 4) is 0 Å². The Bertz CT molecular complexity index is 165. The van der Waals surface area contributed by atoms with E-state index >= 15 is 0 Å². The highest BCUT2D eigenvalue weighted by Crippen LogP contribution is 2.04. The van der Waals surface area contributed by atoms with Crippen LogP contribution in [0.2, 0.25) is 6.04 Å². The van der Waals surface area contributed by atoms with E-state index in [0.717, 1.165) is 6.04 Å². The fraction of sp³-hybridized carbons (Fsp3) is 0.875. The van der Waals surface area contributed by atoms with Crippen LogP contribution in [0.4, 0.5) is 0 Å². The molecule has 0 aliphatic heterocycles. The first kappa shape index (κ1) is 12.5. The summed E-state index contributed by atoms with van der Waals surface area (Å²) in [5.41, 5.74) is 0. The van der Waals surface area contributed by atoms with Crippen LogP contribution in [0.3, 0.4) is 0 Å². The minimum absolute atomic E-state index is 0.0349. The van der Waals surface area contributed by atoms with Crippen molar-refractivity contribution in [2.24, 2.45) is 4.99 Å². The SMILES string of the molecule is CCO[SiH](CC(C)N=C=O)OCC. The number of hydrogen-bond donors (Lipinski definition) is 0. The Hall–Kier alpha value is -0.483. The van der Waals surface area contributed by atoms with Crippen LogP contribution in [-0.2, 0) is 13.6 Å². The molecule has 0 rings (SSSR count). The van der Waals surface area contributed by atoms with Crippen molar-refractivity contribution in [3.05, 3.63) is 0 Å². The van der Waals surface area contributed by atoms with E-state index in [1.165, 1.54) is 0 Å². The van der Waals surface area contributed by atoms with Crippen LogP contribution >= 0.6 is 0 Å². The maximum Gasteiger partial charge on any atom is 0.323 e. The van der Waals surface area contributed by atoms with Gasteiger partial charge in [-0.1, -0.05) is 0 Å². The van der Waals surface area contributed by atoms with Crippen molar-refractivity contribution in [2.45, 2.75) is 32.9 Å². The molecule has 0 aliphatic rings. The second-order valence-corrected chi connectivity index (χ2v) is 4.64. The smallest absolute Gasteiger partial charge is 0.323 e. The van der Waals surface area contributed by atoms with Crippen LogP contribution in [0.1, 0.15) is 20.8 Å². The number of aliphatic imine (C=N–C) groups is 1. The van der Waals surface area contributed by atoms with Gasteiger partial charge in [-0.2, -0.15) is 0 Å². The van der Waals surface area contributed by atoms with Crippen LogP contribution in [0, 0.1) is 0 Å². The summed E-state index contributed by atoms with van der Waals surface area (Å²) in [6.07, 6.45) is 1.54. The molecule has 0 aromatic rings. The lowest BCUT2D eigenvalue weighted by Gasteiger charge is -2.15. The first-order valence-electron chi connectivity index (χ1n) is 4.54. The van der Waals surface area contributed by atoms with Crippen molar-refractivity contribution in [1.82, 2.24) is 0 Å².